The number of carbonyl (C=O) groups is 2. The maximum absolute atomic E-state index is 12.6. The van der Waals surface area contributed by atoms with E-state index >= 15 is 0 Å². The van der Waals surface area contributed by atoms with Crippen LogP contribution < -0.4 is 10.2 Å². The molecular formula is C19H22N4O3. The van der Waals surface area contributed by atoms with Crippen LogP contribution in [0.1, 0.15) is 28.9 Å². The highest BCUT2D eigenvalue weighted by atomic mass is 16.5. The number of benzene rings is 1. The molecule has 2 aromatic rings. The van der Waals surface area contributed by atoms with Crippen molar-refractivity contribution in [3.05, 3.63) is 47.7 Å². The number of ether oxygens (including phenoxy) is 1. The molecule has 0 aliphatic carbocycles. The van der Waals surface area contributed by atoms with Gasteiger partial charge in [-0.25, -0.2) is 4.79 Å². The minimum atomic E-state index is -0.398. The summed E-state index contributed by atoms with van der Waals surface area (Å²) in [5.74, 6) is 0.258. The average molecular weight is 354 g/mol. The van der Waals surface area contributed by atoms with Gasteiger partial charge in [-0.15, -0.1) is 5.10 Å². The van der Waals surface area contributed by atoms with Crippen LogP contribution in [-0.2, 0) is 9.53 Å². The summed E-state index contributed by atoms with van der Waals surface area (Å²) in [6.07, 6.45) is 1.76. The Hall–Kier alpha value is -2.96. The van der Waals surface area contributed by atoms with Crippen molar-refractivity contribution in [2.75, 3.05) is 30.4 Å². The van der Waals surface area contributed by atoms with Crippen molar-refractivity contribution < 1.29 is 14.3 Å². The predicted octanol–water partition coefficient (Wildman–Crippen LogP) is 2.43. The summed E-state index contributed by atoms with van der Waals surface area (Å²) in [4.78, 5) is 26.2. The number of aryl methyl sites for hydroxylation is 1. The molecule has 7 nitrogen and oxygen atoms in total. The first kappa shape index (κ1) is 17.8. The molecule has 1 saturated heterocycles. The minimum absolute atomic E-state index is 0.0272. The molecule has 1 N–H and O–H groups in total. The van der Waals surface area contributed by atoms with E-state index in [4.69, 9.17) is 0 Å². The fraction of sp³-hybridized carbons (Fsp3) is 0.368. The van der Waals surface area contributed by atoms with Gasteiger partial charge in [-0.2, -0.15) is 5.10 Å². The lowest BCUT2D eigenvalue weighted by molar-refractivity contribution is -0.120. The zero-order chi connectivity index (χ0) is 18.5. The Morgan fingerprint density at radius 1 is 1.15 bits per heavy atom. The van der Waals surface area contributed by atoms with Crippen LogP contribution in [0.4, 0.5) is 11.5 Å². The first-order valence-electron chi connectivity index (χ1n) is 8.61. The van der Waals surface area contributed by atoms with E-state index in [0.29, 0.717) is 17.8 Å². The number of amides is 1. The molecule has 1 atom stereocenters. The molecule has 0 radical (unpaired) electrons. The van der Waals surface area contributed by atoms with Gasteiger partial charge < -0.3 is 15.0 Å². The Morgan fingerprint density at radius 3 is 2.58 bits per heavy atom. The molecule has 1 aliphatic heterocycles. The van der Waals surface area contributed by atoms with E-state index in [1.54, 1.807) is 24.3 Å². The van der Waals surface area contributed by atoms with Gasteiger partial charge in [0.05, 0.1) is 24.3 Å². The zero-order valence-electron chi connectivity index (χ0n) is 14.9. The number of nitrogens with one attached hydrogen (secondary N) is 1. The maximum Gasteiger partial charge on any atom is 0.337 e. The zero-order valence-corrected chi connectivity index (χ0v) is 14.9. The number of rotatable bonds is 4. The van der Waals surface area contributed by atoms with Crippen molar-refractivity contribution in [2.24, 2.45) is 5.92 Å². The lowest BCUT2D eigenvalue weighted by Gasteiger charge is -2.32. The highest BCUT2D eigenvalue weighted by Crippen LogP contribution is 2.23. The van der Waals surface area contributed by atoms with Crippen molar-refractivity contribution in [3.8, 4) is 0 Å². The average Bonchev–Trinajstić information content (AvgIpc) is 2.68. The molecule has 0 spiro atoms. The van der Waals surface area contributed by atoms with Crippen LogP contribution in [0.5, 0.6) is 0 Å². The third-order valence-corrected chi connectivity index (χ3v) is 4.47. The van der Waals surface area contributed by atoms with Crippen molar-refractivity contribution in [1.82, 2.24) is 10.2 Å². The summed E-state index contributed by atoms with van der Waals surface area (Å²) in [5, 5.41) is 11.2. The minimum Gasteiger partial charge on any atom is -0.465 e. The lowest BCUT2D eigenvalue weighted by Crippen LogP contribution is -2.41. The lowest BCUT2D eigenvalue weighted by atomic mass is 9.97. The number of nitrogens with zero attached hydrogens (tertiary/aromatic N) is 3. The number of hydrogen-bond donors (Lipinski definition) is 1. The van der Waals surface area contributed by atoms with Gasteiger partial charge in [0.15, 0.2) is 5.82 Å². The van der Waals surface area contributed by atoms with Crippen LogP contribution in [0.3, 0.4) is 0 Å². The standard InChI is InChI=1S/C19H22N4O3/c1-13-5-10-17(22-21-13)23-11-3-4-15(12-23)18(24)20-16-8-6-14(7-9-16)19(25)26-2/h5-10,15H,3-4,11-12H2,1-2H3,(H,20,24). The molecule has 1 aromatic heterocycles. The van der Waals surface area contributed by atoms with E-state index in [1.807, 2.05) is 19.1 Å². The van der Waals surface area contributed by atoms with E-state index in [9.17, 15) is 9.59 Å². The molecule has 3 rings (SSSR count). The Labute approximate surface area is 152 Å². The second kappa shape index (κ2) is 7.95. The number of hydrogen-bond acceptors (Lipinski definition) is 6. The monoisotopic (exact) mass is 354 g/mol. The summed E-state index contributed by atoms with van der Waals surface area (Å²) in [6.45, 7) is 3.38. The second-order valence-electron chi connectivity index (χ2n) is 6.38. The van der Waals surface area contributed by atoms with Crippen molar-refractivity contribution in [3.63, 3.8) is 0 Å². The largest absolute Gasteiger partial charge is 0.465 e. The summed E-state index contributed by atoms with van der Waals surface area (Å²) < 4.78 is 4.67. The van der Waals surface area contributed by atoms with E-state index in [1.165, 1.54) is 7.11 Å². The van der Waals surface area contributed by atoms with Crippen LogP contribution in [0.15, 0.2) is 36.4 Å². The highest BCUT2D eigenvalue weighted by molar-refractivity contribution is 5.94. The molecule has 0 bridgehead atoms. The van der Waals surface area contributed by atoms with E-state index < -0.39 is 5.97 Å². The Kier molecular flexibility index (Phi) is 5.46. The molecule has 1 amide bonds. The van der Waals surface area contributed by atoms with Crippen LogP contribution in [0.2, 0.25) is 0 Å². The molecule has 7 heteroatoms. The molecule has 1 fully saturated rings. The van der Waals surface area contributed by atoms with Gasteiger partial charge in [0.1, 0.15) is 0 Å². The number of esters is 1. The third kappa shape index (κ3) is 4.17. The molecule has 136 valence electrons. The van der Waals surface area contributed by atoms with Crippen molar-refractivity contribution >= 4 is 23.4 Å². The summed E-state index contributed by atoms with van der Waals surface area (Å²) in [7, 11) is 1.34. The molecule has 1 aliphatic rings. The van der Waals surface area contributed by atoms with E-state index in [-0.39, 0.29) is 11.8 Å². The molecule has 0 saturated carbocycles. The Bertz CT molecular complexity index is 774. The van der Waals surface area contributed by atoms with Gasteiger partial charge in [0, 0.05) is 18.8 Å². The fourth-order valence-electron chi connectivity index (χ4n) is 3.01. The van der Waals surface area contributed by atoms with Gasteiger partial charge in [-0.3, -0.25) is 4.79 Å². The fourth-order valence-corrected chi connectivity index (χ4v) is 3.01. The van der Waals surface area contributed by atoms with E-state index in [0.717, 1.165) is 30.9 Å². The number of anilines is 2. The quantitative estimate of drug-likeness (QED) is 0.849. The summed E-state index contributed by atoms with van der Waals surface area (Å²) >= 11 is 0. The van der Waals surface area contributed by atoms with Crippen LogP contribution in [0.25, 0.3) is 0 Å². The smallest absolute Gasteiger partial charge is 0.337 e. The first-order chi connectivity index (χ1) is 12.6. The second-order valence-corrected chi connectivity index (χ2v) is 6.38. The molecule has 1 unspecified atom stereocenters. The molecule has 2 heterocycles. The topological polar surface area (TPSA) is 84.4 Å². The van der Waals surface area contributed by atoms with Gasteiger partial charge >= 0.3 is 5.97 Å². The molecular weight excluding hydrogens is 332 g/mol. The summed E-state index contributed by atoms with van der Waals surface area (Å²) in [6, 6.07) is 10.5. The Balaban J connectivity index is 1.62. The highest BCUT2D eigenvalue weighted by Gasteiger charge is 2.26. The summed E-state index contributed by atoms with van der Waals surface area (Å²) in [5.41, 5.74) is 1.98. The number of aromatic nitrogens is 2. The predicted molar refractivity (Wildman–Crippen MR) is 98.1 cm³/mol. The number of methoxy groups -OCH3 is 1. The molecule has 1 aromatic carbocycles. The normalized spacial score (nSPS) is 16.8. The maximum atomic E-state index is 12.6. The third-order valence-electron chi connectivity index (χ3n) is 4.47. The van der Waals surface area contributed by atoms with E-state index in [2.05, 4.69) is 25.2 Å². The molecule has 26 heavy (non-hydrogen) atoms. The van der Waals surface area contributed by atoms with Gasteiger partial charge in [0.25, 0.3) is 0 Å². The van der Waals surface area contributed by atoms with Crippen LogP contribution in [-0.4, -0.2) is 42.3 Å². The Morgan fingerprint density at radius 2 is 1.92 bits per heavy atom. The van der Waals surface area contributed by atoms with Crippen LogP contribution >= 0.6 is 0 Å². The number of piperidine rings is 1. The first-order valence-corrected chi connectivity index (χ1v) is 8.61. The SMILES string of the molecule is COC(=O)c1ccc(NC(=O)C2CCCN(c3ccc(C)nn3)C2)cc1. The van der Waals surface area contributed by atoms with Crippen molar-refractivity contribution in [2.45, 2.75) is 19.8 Å². The van der Waals surface area contributed by atoms with Crippen molar-refractivity contribution in [1.29, 1.82) is 0 Å². The van der Waals surface area contributed by atoms with Gasteiger partial charge in [-0.05, 0) is 56.2 Å². The number of carbonyl (C=O) groups excluding carboxylic acids is 2. The van der Waals surface area contributed by atoms with Gasteiger partial charge in [0.2, 0.25) is 5.91 Å². The van der Waals surface area contributed by atoms with Crippen LogP contribution in [0, 0.1) is 12.8 Å². The van der Waals surface area contributed by atoms with Gasteiger partial charge in [-0.1, -0.05) is 0 Å².